The predicted molar refractivity (Wildman–Crippen MR) is 80.4 cm³/mol. The zero-order valence-electron chi connectivity index (χ0n) is 13.0. The van der Waals surface area contributed by atoms with Crippen LogP contribution in [0.1, 0.15) is 44.2 Å². The summed E-state index contributed by atoms with van der Waals surface area (Å²) in [5.74, 6) is 0. The maximum Gasteiger partial charge on any atom is 0.246 e. The molecule has 1 N–H and O–H groups in total. The lowest BCUT2D eigenvalue weighted by molar-refractivity contribution is 0.0120. The van der Waals surface area contributed by atoms with E-state index in [9.17, 15) is 13.5 Å². The van der Waals surface area contributed by atoms with Crippen molar-refractivity contribution in [1.29, 1.82) is 0 Å². The van der Waals surface area contributed by atoms with Crippen LogP contribution in [0.4, 0.5) is 0 Å². The van der Waals surface area contributed by atoms with Crippen molar-refractivity contribution < 1.29 is 13.5 Å². The van der Waals surface area contributed by atoms with Crippen molar-refractivity contribution in [2.24, 2.45) is 7.05 Å². The fourth-order valence-corrected chi connectivity index (χ4v) is 4.38. The van der Waals surface area contributed by atoms with Gasteiger partial charge >= 0.3 is 0 Å². The summed E-state index contributed by atoms with van der Waals surface area (Å²) in [4.78, 5) is 0.213. The Kier molecular flexibility index (Phi) is 4.75. The lowest BCUT2D eigenvalue weighted by Gasteiger charge is -2.31. The summed E-state index contributed by atoms with van der Waals surface area (Å²) in [5, 5.41) is 14.7. The molecule has 0 unspecified atom stereocenters. The molecule has 1 aromatic heterocycles. The van der Waals surface area contributed by atoms with Crippen LogP contribution in [0.15, 0.2) is 11.1 Å². The highest BCUT2D eigenvalue weighted by molar-refractivity contribution is 7.89. The minimum atomic E-state index is -3.61. The van der Waals surface area contributed by atoms with Gasteiger partial charge in [-0.05, 0) is 19.8 Å². The van der Waals surface area contributed by atoms with Gasteiger partial charge in [0.05, 0.1) is 17.5 Å². The molecule has 0 saturated heterocycles. The van der Waals surface area contributed by atoms with Crippen LogP contribution in [0, 0.1) is 6.92 Å². The Morgan fingerprint density at radius 2 is 1.90 bits per heavy atom. The fraction of sp³-hybridized carbons (Fsp3) is 0.786. The Morgan fingerprint density at radius 1 is 1.33 bits per heavy atom. The summed E-state index contributed by atoms with van der Waals surface area (Å²) >= 11 is 0. The van der Waals surface area contributed by atoms with Crippen molar-refractivity contribution in [1.82, 2.24) is 14.1 Å². The SMILES string of the molecule is Cc1c(S(=O)(=O)N(C)CC2(O)CCCCCC2)cnn1C. The first-order valence-corrected chi connectivity index (χ1v) is 8.88. The van der Waals surface area contributed by atoms with Crippen molar-refractivity contribution in [2.75, 3.05) is 13.6 Å². The highest BCUT2D eigenvalue weighted by Crippen LogP contribution is 2.29. The third-order valence-corrected chi connectivity index (χ3v) is 6.34. The smallest absolute Gasteiger partial charge is 0.246 e. The quantitative estimate of drug-likeness (QED) is 0.853. The van der Waals surface area contributed by atoms with E-state index in [4.69, 9.17) is 0 Å². The van der Waals surface area contributed by atoms with Crippen LogP contribution in [0.25, 0.3) is 0 Å². The zero-order valence-corrected chi connectivity index (χ0v) is 13.9. The van der Waals surface area contributed by atoms with Crippen molar-refractivity contribution >= 4 is 10.0 Å². The number of aryl methyl sites for hydroxylation is 1. The second-order valence-corrected chi connectivity index (χ2v) is 8.13. The van der Waals surface area contributed by atoms with E-state index >= 15 is 0 Å². The average Bonchev–Trinajstić information content (AvgIpc) is 2.62. The first-order valence-electron chi connectivity index (χ1n) is 7.44. The third-order valence-electron chi connectivity index (χ3n) is 4.43. The normalized spacial score (nSPS) is 19.7. The van der Waals surface area contributed by atoms with Gasteiger partial charge in [-0.15, -0.1) is 0 Å². The maximum atomic E-state index is 12.6. The Morgan fingerprint density at radius 3 is 2.38 bits per heavy atom. The highest BCUT2D eigenvalue weighted by Gasteiger charge is 2.34. The lowest BCUT2D eigenvalue weighted by atomic mass is 9.95. The number of aromatic nitrogens is 2. The van der Waals surface area contributed by atoms with Gasteiger partial charge in [-0.1, -0.05) is 25.7 Å². The molecule has 1 aromatic rings. The summed E-state index contributed by atoms with van der Waals surface area (Å²) in [6.07, 6.45) is 6.84. The van der Waals surface area contributed by atoms with Gasteiger partial charge in [0.25, 0.3) is 0 Å². The van der Waals surface area contributed by atoms with Crippen LogP contribution in [0.3, 0.4) is 0 Å². The number of nitrogens with zero attached hydrogens (tertiary/aromatic N) is 3. The summed E-state index contributed by atoms with van der Waals surface area (Å²) in [5.41, 5.74) is -0.302. The van der Waals surface area contributed by atoms with E-state index in [-0.39, 0.29) is 11.4 Å². The highest BCUT2D eigenvalue weighted by atomic mass is 32.2. The second kappa shape index (κ2) is 6.06. The van der Waals surface area contributed by atoms with Crippen molar-refractivity contribution in [3.63, 3.8) is 0 Å². The fourth-order valence-electron chi connectivity index (χ4n) is 2.94. The molecule has 0 spiro atoms. The lowest BCUT2D eigenvalue weighted by Crippen LogP contribution is -2.43. The van der Waals surface area contributed by atoms with Crippen LogP contribution >= 0.6 is 0 Å². The minimum absolute atomic E-state index is 0.143. The van der Waals surface area contributed by atoms with Gasteiger partial charge in [-0.25, -0.2) is 8.42 Å². The monoisotopic (exact) mass is 315 g/mol. The molecule has 0 bridgehead atoms. The van der Waals surface area contributed by atoms with E-state index in [2.05, 4.69) is 5.10 Å². The van der Waals surface area contributed by atoms with Gasteiger partial charge < -0.3 is 5.11 Å². The minimum Gasteiger partial charge on any atom is -0.389 e. The van der Waals surface area contributed by atoms with E-state index in [0.29, 0.717) is 18.5 Å². The third kappa shape index (κ3) is 3.46. The Balaban J connectivity index is 2.18. The van der Waals surface area contributed by atoms with E-state index in [1.165, 1.54) is 17.5 Å². The summed E-state index contributed by atoms with van der Waals surface area (Å²) < 4.78 is 28.1. The van der Waals surface area contributed by atoms with E-state index < -0.39 is 15.6 Å². The summed E-state index contributed by atoms with van der Waals surface area (Å²) in [6.45, 7) is 1.87. The Bertz CT molecular complexity index is 587. The second-order valence-electron chi connectivity index (χ2n) is 6.12. The van der Waals surface area contributed by atoms with Crippen LogP contribution < -0.4 is 0 Å². The van der Waals surface area contributed by atoms with Gasteiger partial charge in [0.15, 0.2) is 0 Å². The number of hydrogen-bond donors (Lipinski definition) is 1. The Hall–Kier alpha value is -0.920. The molecule has 1 aliphatic rings. The van der Waals surface area contributed by atoms with Crippen LogP contribution in [0.5, 0.6) is 0 Å². The van der Waals surface area contributed by atoms with Gasteiger partial charge in [0.2, 0.25) is 10.0 Å². The molecule has 0 radical (unpaired) electrons. The molecule has 1 aliphatic carbocycles. The van der Waals surface area contributed by atoms with E-state index in [0.717, 1.165) is 25.7 Å². The molecule has 0 aromatic carbocycles. The van der Waals surface area contributed by atoms with E-state index in [1.54, 1.807) is 18.7 Å². The number of rotatable bonds is 4. The van der Waals surface area contributed by atoms with Gasteiger partial charge in [-0.3, -0.25) is 4.68 Å². The van der Waals surface area contributed by atoms with E-state index in [1.807, 2.05) is 0 Å². The van der Waals surface area contributed by atoms with Gasteiger partial charge in [0.1, 0.15) is 4.90 Å². The van der Waals surface area contributed by atoms with Crippen LogP contribution in [-0.2, 0) is 17.1 Å². The first-order chi connectivity index (χ1) is 9.76. The molecule has 0 aliphatic heterocycles. The average molecular weight is 315 g/mol. The summed E-state index contributed by atoms with van der Waals surface area (Å²) in [6, 6.07) is 0. The molecule has 0 amide bonds. The number of aliphatic hydroxyl groups is 1. The number of likely N-dealkylation sites (N-methyl/N-ethyl adjacent to an activating group) is 1. The molecule has 7 heteroatoms. The molecule has 0 atom stereocenters. The molecule has 1 heterocycles. The van der Waals surface area contributed by atoms with Crippen molar-refractivity contribution in [2.45, 2.75) is 55.9 Å². The van der Waals surface area contributed by atoms with Gasteiger partial charge in [-0.2, -0.15) is 9.40 Å². The van der Waals surface area contributed by atoms with Crippen molar-refractivity contribution in [3.8, 4) is 0 Å². The maximum absolute atomic E-state index is 12.6. The number of hydrogen-bond acceptors (Lipinski definition) is 4. The van der Waals surface area contributed by atoms with Crippen LogP contribution in [0.2, 0.25) is 0 Å². The number of sulfonamides is 1. The molecule has 1 saturated carbocycles. The zero-order chi connectivity index (χ0) is 15.7. The largest absolute Gasteiger partial charge is 0.389 e. The van der Waals surface area contributed by atoms with Crippen molar-refractivity contribution in [3.05, 3.63) is 11.9 Å². The standard InChI is InChI=1S/C14H25N3O3S/c1-12-13(10-15-17(12)3)21(19,20)16(2)11-14(18)8-6-4-5-7-9-14/h10,18H,4-9,11H2,1-3H3. The molecule has 1 fully saturated rings. The molecule has 6 nitrogen and oxygen atoms in total. The molecule has 120 valence electrons. The molecular weight excluding hydrogens is 290 g/mol. The van der Waals surface area contributed by atoms with Gasteiger partial charge in [0, 0.05) is 20.6 Å². The molecular formula is C14H25N3O3S. The first kappa shape index (κ1) is 16.5. The molecule has 2 rings (SSSR count). The predicted octanol–water partition coefficient (Wildman–Crippen LogP) is 1.43. The topological polar surface area (TPSA) is 75.4 Å². The summed E-state index contributed by atoms with van der Waals surface area (Å²) in [7, 11) is -0.360. The van der Waals surface area contributed by atoms with Crippen LogP contribution in [-0.4, -0.2) is 46.8 Å². The molecule has 21 heavy (non-hydrogen) atoms. The Labute approximate surface area is 126 Å².